The Labute approximate surface area is 218 Å². The summed E-state index contributed by atoms with van der Waals surface area (Å²) in [7, 11) is 0. The van der Waals surface area contributed by atoms with Gasteiger partial charge in [-0.15, -0.1) is 0 Å². The van der Waals surface area contributed by atoms with Crippen molar-refractivity contribution in [3.63, 3.8) is 0 Å². The number of fused-ring (bicyclic) bond motifs is 2. The van der Waals surface area contributed by atoms with Gasteiger partial charge in [0, 0.05) is 22.9 Å². The minimum atomic E-state index is -0.630. The summed E-state index contributed by atoms with van der Waals surface area (Å²) in [5.74, 6) is -0.622. The van der Waals surface area contributed by atoms with E-state index in [4.69, 9.17) is 13.6 Å². The Morgan fingerprint density at radius 2 is 1.76 bits per heavy atom. The highest BCUT2D eigenvalue weighted by Crippen LogP contribution is 2.32. The fourth-order valence-electron chi connectivity index (χ4n) is 4.43. The van der Waals surface area contributed by atoms with Crippen molar-refractivity contribution in [1.82, 2.24) is 4.98 Å². The van der Waals surface area contributed by atoms with Crippen LogP contribution in [0.4, 0.5) is 5.69 Å². The van der Waals surface area contributed by atoms with Gasteiger partial charge < -0.3 is 18.9 Å². The first-order valence-corrected chi connectivity index (χ1v) is 12.3. The third kappa shape index (κ3) is 4.98. The maximum atomic E-state index is 13.2. The molecule has 38 heavy (non-hydrogen) atoms. The van der Waals surface area contributed by atoms with Crippen LogP contribution in [-0.4, -0.2) is 16.6 Å². The van der Waals surface area contributed by atoms with Gasteiger partial charge in [-0.1, -0.05) is 18.2 Å². The van der Waals surface area contributed by atoms with E-state index in [0.29, 0.717) is 44.6 Å². The van der Waals surface area contributed by atoms with E-state index in [1.54, 1.807) is 36.4 Å². The number of aryl methyl sites for hydroxylation is 1. The van der Waals surface area contributed by atoms with Crippen LogP contribution in [0.3, 0.4) is 0 Å². The van der Waals surface area contributed by atoms with Crippen LogP contribution in [0.2, 0.25) is 0 Å². The van der Waals surface area contributed by atoms with Gasteiger partial charge in [-0.2, -0.15) is 0 Å². The molecule has 2 heterocycles. The first-order chi connectivity index (χ1) is 18.0. The van der Waals surface area contributed by atoms with Crippen molar-refractivity contribution < 1.29 is 18.4 Å². The minimum absolute atomic E-state index is 0.187. The van der Waals surface area contributed by atoms with Crippen LogP contribution in [0.25, 0.3) is 33.4 Å². The predicted molar refractivity (Wildman–Crippen MR) is 147 cm³/mol. The maximum absolute atomic E-state index is 13.2. The first kappa shape index (κ1) is 25.1. The highest BCUT2D eigenvalue weighted by atomic mass is 16.6. The SMILES string of the molecule is Cc1cc(C(C)Nc2ccccc2C(=O)OC(C)(C)C)c2oc(-c3ccc4oc(=O)[nH]c4c3)cc(=O)c2c1. The third-order valence-corrected chi connectivity index (χ3v) is 6.09. The topological polar surface area (TPSA) is 115 Å². The van der Waals surface area contributed by atoms with E-state index in [2.05, 4.69) is 10.3 Å². The molecule has 0 spiro atoms. The number of oxazole rings is 1. The van der Waals surface area contributed by atoms with E-state index in [1.165, 1.54) is 6.07 Å². The number of hydrogen-bond acceptors (Lipinski definition) is 7. The van der Waals surface area contributed by atoms with Crippen molar-refractivity contribution >= 4 is 33.7 Å². The van der Waals surface area contributed by atoms with Crippen LogP contribution in [0.1, 0.15) is 55.2 Å². The molecule has 0 aliphatic rings. The first-order valence-electron chi connectivity index (χ1n) is 12.3. The molecule has 0 radical (unpaired) electrons. The summed E-state index contributed by atoms with van der Waals surface area (Å²) in [5.41, 5.74) is 3.85. The van der Waals surface area contributed by atoms with Gasteiger partial charge in [0.25, 0.3) is 0 Å². The van der Waals surface area contributed by atoms with Gasteiger partial charge in [0.15, 0.2) is 11.0 Å². The molecule has 0 aliphatic carbocycles. The number of carbonyl (C=O) groups excluding carboxylic acids is 1. The molecule has 0 bridgehead atoms. The fraction of sp³-hybridized carbons (Fsp3) is 0.233. The lowest BCUT2D eigenvalue weighted by molar-refractivity contribution is 0.00706. The summed E-state index contributed by atoms with van der Waals surface area (Å²) >= 11 is 0. The van der Waals surface area contributed by atoms with Crippen LogP contribution in [0.15, 0.2) is 79.1 Å². The van der Waals surface area contributed by atoms with Gasteiger partial charge in [-0.3, -0.25) is 9.78 Å². The minimum Gasteiger partial charge on any atom is -0.456 e. The lowest BCUT2D eigenvalue weighted by atomic mass is 10.00. The standard InChI is InChI=1S/C30H28N2O6/c1-16-12-20(17(2)31-22-9-7-6-8-19(22)28(34)38-30(3,4)5)27-21(13-16)24(33)15-26(36-27)18-10-11-25-23(14-18)32-29(35)37-25/h6-15,17,31H,1-5H3,(H,32,35). The number of benzene rings is 3. The Hall–Kier alpha value is -4.59. The van der Waals surface area contributed by atoms with Crippen LogP contribution < -0.4 is 16.5 Å². The molecule has 1 atom stereocenters. The lowest BCUT2D eigenvalue weighted by Crippen LogP contribution is -2.24. The Morgan fingerprint density at radius 1 is 1.00 bits per heavy atom. The number of rotatable bonds is 5. The van der Waals surface area contributed by atoms with Crippen molar-refractivity contribution in [3.8, 4) is 11.3 Å². The molecular formula is C30H28N2O6. The van der Waals surface area contributed by atoms with Crippen molar-refractivity contribution in [3.05, 3.63) is 98.1 Å². The van der Waals surface area contributed by atoms with E-state index >= 15 is 0 Å². The van der Waals surface area contributed by atoms with E-state index in [-0.39, 0.29) is 11.5 Å². The number of nitrogens with one attached hydrogen (secondary N) is 2. The summed E-state index contributed by atoms with van der Waals surface area (Å²) in [6, 6.07) is 17.1. The average Bonchev–Trinajstić information content (AvgIpc) is 3.22. The number of carbonyl (C=O) groups is 1. The number of aromatic amines is 1. The van der Waals surface area contributed by atoms with Crippen LogP contribution >= 0.6 is 0 Å². The smallest absolute Gasteiger partial charge is 0.417 e. The Morgan fingerprint density at radius 3 is 2.53 bits per heavy atom. The molecule has 2 N–H and O–H groups in total. The summed E-state index contributed by atoms with van der Waals surface area (Å²) in [4.78, 5) is 40.2. The molecule has 0 fully saturated rings. The fourth-order valence-corrected chi connectivity index (χ4v) is 4.43. The predicted octanol–water partition coefficient (Wildman–Crippen LogP) is 6.33. The monoisotopic (exact) mass is 512 g/mol. The molecule has 0 amide bonds. The van der Waals surface area contributed by atoms with Gasteiger partial charge in [0.05, 0.1) is 22.5 Å². The third-order valence-electron chi connectivity index (χ3n) is 6.09. The second kappa shape index (κ2) is 9.37. The highest BCUT2D eigenvalue weighted by molar-refractivity contribution is 5.96. The molecule has 0 saturated heterocycles. The number of para-hydroxylation sites is 1. The zero-order chi connectivity index (χ0) is 27.2. The normalized spacial score (nSPS) is 12.6. The number of anilines is 1. The number of hydrogen-bond donors (Lipinski definition) is 2. The van der Waals surface area contributed by atoms with E-state index < -0.39 is 17.3 Å². The highest BCUT2D eigenvalue weighted by Gasteiger charge is 2.22. The maximum Gasteiger partial charge on any atom is 0.417 e. The van der Waals surface area contributed by atoms with Crippen molar-refractivity contribution in [2.24, 2.45) is 0 Å². The van der Waals surface area contributed by atoms with Gasteiger partial charge in [-0.05, 0) is 76.6 Å². The molecule has 194 valence electrons. The zero-order valence-electron chi connectivity index (χ0n) is 21.8. The van der Waals surface area contributed by atoms with E-state index in [1.807, 2.05) is 52.8 Å². The second-order valence-corrected chi connectivity index (χ2v) is 10.3. The Kier molecular flexibility index (Phi) is 6.18. The Balaban J connectivity index is 1.58. The second-order valence-electron chi connectivity index (χ2n) is 10.3. The molecule has 5 aromatic rings. The molecule has 0 saturated carbocycles. The molecule has 1 unspecified atom stereocenters. The van der Waals surface area contributed by atoms with Crippen molar-refractivity contribution in [1.29, 1.82) is 0 Å². The molecule has 0 aliphatic heterocycles. The molecule has 2 aromatic heterocycles. The largest absolute Gasteiger partial charge is 0.456 e. The number of esters is 1. The molecule has 8 heteroatoms. The average molecular weight is 513 g/mol. The van der Waals surface area contributed by atoms with Gasteiger partial charge in [0.1, 0.15) is 16.9 Å². The van der Waals surface area contributed by atoms with Crippen LogP contribution in [-0.2, 0) is 4.74 Å². The zero-order valence-corrected chi connectivity index (χ0v) is 21.8. The Bertz CT molecular complexity index is 1800. The number of H-pyrrole nitrogens is 1. The lowest BCUT2D eigenvalue weighted by Gasteiger charge is -2.22. The molecular weight excluding hydrogens is 484 g/mol. The summed E-state index contributed by atoms with van der Waals surface area (Å²) in [5, 5.41) is 3.86. The molecule has 3 aromatic carbocycles. The van der Waals surface area contributed by atoms with Gasteiger partial charge in [0.2, 0.25) is 0 Å². The van der Waals surface area contributed by atoms with Crippen molar-refractivity contribution in [2.45, 2.75) is 46.3 Å². The van der Waals surface area contributed by atoms with E-state index in [9.17, 15) is 14.4 Å². The van der Waals surface area contributed by atoms with Gasteiger partial charge >= 0.3 is 11.7 Å². The molecule has 5 rings (SSSR count). The van der Waals surface area contributed by atoms with Gasteiger partial charge in [-0.25, -0.2) is 9.59 Å². The molecule has 8 nitrogen and oxygen atoms in total. The quantitative estimate of drug-likeness (QED) is 0.264. The summed E-state index contributed by atoms with van der Waals surface area (Å²) < 4.78 is 17.0. The summed E-state index contributed by atoms with van der Waals surface area (Å²) in [6.45, 7) is 9.33. The van der Waals surface area contributed by atoms with Crippen molar-refractivity contribution in [2.75, 3.05) is 5.32 Å². The number of ether oxygens (including phenoxy) is 1. The summed E-state index contributed by atoms with van der Waals surface area (Å²) in [6.07, 6.45) is 0. The van der Waals surface area contributed by atoms with Crippen LogP contribution in [0.5, 0.6) is 0 Å². The number of aromatic nitrogens is 1. The van der Waals surface area contributed by atoms with Crippen LogP contribution in [0, 0.1) is 6.92 Å². The van der Waals surface area contributed by atoms with E-state index in [0.717, 1.165) is 11.1 Å².